The fraction of sp³-hybridized carbons (Fsp3) is 0.308. The Hall–Kier alpha value is -1.64. The maximum absolute atomic E-state index is 12.7. The zero-order valence-corrected chi connectivity index (χ0v) is 9.83. The highest BCUT2D eigenvalue weighted by Gasteiger charge is 2.05. The maximum atomic E-state index is 12.7. The van der Waals surface area contributed by atoms with Crippen LogP contribution in [-0.4, -0.2) is 17.9 Å². The molecule has 0 aromatic heterocycles. The molecule has 0 radical (unpaired) electrons. The molecule has 86 valence electrons. The lowest BCUT2D eigenvalue weighted by Crippen LogP contribution is -2.24. The van der Waals surface area contributed by atoms with Crippen molar-refractivity contribution in [2.75, 3.05) is 7.05 Å². The van der Waals surface area contributed by atoms with Crippen molar-refractivity contribution in [3.05, 3.63) is 47.3 Å². The van der Waals surface area contributed by atoms with Crippen molar-refractivity contribution >= 4 is 5.91 Å². The highest BCUT2D eigenvalue weighted by molar-refractivity contribution is 5.87. The summed E-state index contributed by atoms with van der Waals surface area (Å²) < 4.78 is 12.7. The molecule has 0 aliphatic carbocycles. The van der Waals surface area contributed by atoms with E-state index >= 15 is 0 Å². The number of allylic oxidation sites excluding steroid dienone is 1. The minimum Gasteiger partial charge on any atom is -0.338 e. The van der Waals surface area contributed by atoms with Crippen LogP contribution in [-0.2, 0) is 11.3 Å². The Morgan fingerprint density at radius 3 is 2.38 bits per heavy atom. The summed E-state index contributed by atoms with van der Waals surface area (Å²) in [7, 11) is 1.73. The zero-order valence-electron chi connectivity index (χ0n) is 9.83. The summed E-state index contributed by atoms with van der Waals surface area (Å²) in [6, 6.07) is 6.16. The van der Waals surface area contributed by atoms with Crippen molar-refractivity contribution < 1.29 is 9.18 Å². The molecule has 0 atom stereocenters. The van der Waals surface area contributed by atoms with Crippen LogP contribution in [0.4, 0.5) is 4.39 Å². The van der Waals surface area contributed by atoms with Crippen molar-refractivity contribution in [3.8, 4) is 0 Å². The monoisotopic (exact) mass is 221 g/mol. The molecule has 0 aliphatic heterocycles. The van der Waals surface area contributed by atoms with Crippen molar-refractivity contribution in [1.82, 2.24) is 4.90 Å². The normalized spacial score (nSPS) is 9.75. The molecular formula is C13H16FNO. The van der Waals surface area contributed by atoms with Crippen molar-refractivity contribution in [2.24, 2.45) is 0 Å². The fourth-order valence-corrected chi connectivity index (χ4v) is 1.30. The smallest absolute Gasteiger partial charge is 0.246 e. The van der Waals surface area contributed by atoms with Gasteiger partial charge in [-0.3, -0.25) is 4.79 Å². The van der Waals surface area contributed by atoms with Crippen LogP contribution in [0.5, 0.6) is 0 Å². The number of amides is 1. The molecule has 1 aromatic carbocycles. The molecule has 0 saturated heterocycles. The van der Waals surface area contributed by atoms with Gasteiger partial charge in [0.05, 0.1) is 0 Å². The van der Waals surface area contributed by atoms with Crippen LogP contribution in [0.25, 0.3) is 0 Å². The molecule has 0 unspecified atom stereocenters. The number of hydrogen-bond donors (Lipinski definition) is 0. The van der Waals surface area contributed by atoms with Gasteiger partial charge in [-0.15, -0.1) is 0 Å². The highest BCUT2D eigenvalue weighted by Crippen LogP contribution is 2.06. The van der Waals surface area contributed by atoms with E-state index in [0.29, 0.717) is 6.54 Å². The third-order valence-corrected chi connectivity index (χ3v) is 2.12. The number of hydrogen-bond acceptors (Lipinski definition) is 1. The van der Waals surface area contributed by atoms with Gasteiger partial charge in [0.2, 0.25) is 5.91 Å². The number of carbonyl (C=O) groups excluding carboxylic acids is 1. The summed E-state index contributed by atoms with van der Waals surface area (Å²) >= 11 is 0. The molecule has 0 fully saturated rings. The number of halogens is 1. The molecule has 3 heteroatoms. The van der Waals surface area contributed by atoms with Crippen molar-refractivity contribution in [2.45, 2.75) is 20.4 Å². The van der Waals surface area contributed by atoms with Crippen LogP contribution in [0.2, 0.25) is 0 Å². The summed E-state index contributed by atoms with van der Waals surface area (Å²) in [6.45, 7) is 4.25. The highest BCUT2D eigenvalue weighted by atomic mass is 19.1. The molecule has 0 heterocycles. The van der Waals surface area contributed by atoms with E-state index in [4.69, 9.17) is 0 Å². The Morgan fingerprint density at radius 1 is 1.31 bits per heavy atom. The molecule has 0 saturated carbocycles. The predicted octanol–water partition coefficient (Wildman–Crippen LogP) is 2.75. The lowest BCUT2D eigenvalue weighted by atomic mass is 10.2. The number of benzene rings is 1. The van der Waals surface area contributed by atoms with E-state index in [2.05, 4.69) is 0 Å². The second-order valence-corrected chi connectivity index (χ2v) is 4.04. The van der Waals surface area contributed by atoms with Crippen LogP contribution < -0.4 is 0 Å². The maximum Gasteiger partial charge on any atom is 0.246 e. The van der Waals surface area contributed by atoms with E-state index < -0.39 is 0 Å². The average Bonchev–Trinajstić information content (AvgIpc) is 2.20. The fourth-order valence-electron chi connectivity index (χ4n) is 1.30. The summed E-state index contributed by atoms with van der Waals surface area (Å²) in [6.07, 6.45) is 1.59. The summed E-state index contributed by atoms with van der Waals surface area (Å²) in [5.74, 6) is -0.300. The number of rotatable bonds is 3. The minimum absolute atomic E-state index is 0.0377. The van der Waals surface area contributed by atoms with Crippen LogP contribution in [0.1, 0.15) is 19.4 Å². The molecule has 0 aliphatic rings. The molecule has 2 nitrogen and oxygen atoms in total. The molecule has 1 amide bonds. The predicted molar refractivity (Wildman–Crippen MR) is 62.3 cm³/mol. The molecule has 1 rings (SSSR count). The van der Waals surface area contributed by atoms with Gasteiger partial charge in [-0.05, 0) is 31.5 Å². The van der Waals surface area contributed by atoms with Gasteiger partial charge in [-0.2, -0.15) is 0 Å². The molecule has 16 heavy (non-hydrogen) atoms. The standard InChI is InChI=1S/C13H16FNO/c1-10(2)8-13(16)15(3)9-11-4-6-12(14)7-5-11/h4-8H,9H2,1-3H3. The Labute approximate surface area is 95.4 Å². The van der Waals surface area contributed by atoms with Crippen LogP contribution in [0, 0.1) is 5.82 Å². The van der Waals surface area contributed by atoms with Gasteiger partial charge >= 0.3 is 0 Å². The number of nitrogens with zero attached hydrogens (tertiary/aromatic N) is 1. The van der Waals surface area contributed by atoms with Gasteiger partial charge in [0.15, 0.2) is 0 Å². The lowest BCUT2D eigenvalue weighted by Gasteiger charge is -2.15. The third kappa shape index (κ3) is 3.85. The molecule has 1 aromatic rings. The first-order chi connectivity index (χ1) is 7.49. The Kier molecular flexibility index (Phi) is 4.23. The van der Waals surface area contributed by atoms with E-state index in [-0.39, 0.29) is 11.7 Å². The van der Waals surface area contributed by atoms with Gasteiger partial charge in [0, 0.05) is 19.7 Å². The first kappa shape index (κ1) is 12.4. The van der Waals surface area contributed by atoms with Crippen molar-refractivity contribution in [1.29, 1.82) is 0 Å². The number of likely N-dealkylation sites (N-methyl/N-ethyl adjacent to an activating group) is 1. The summed E-state index contributed by atoms with van der Waals surface area (Å²) in [5.41, 5.74) is 1.88. The van der Waals surface area contributed by atoms with Gasteiger partial charge in [0.25, 0.3) is 0 Å². The first-order valence-corrected chi connectivity index (χ1v) is 5.13. The van der Waals surface area contributed by atoms with E-state index in [1.165, 1.54) is 12.1 Å². The quantitative estimate of drug-likeness (QED) is 0.719. The number of carbonyl (C=O) groups is 1. The van der Waals surface area contributed by atoms with E-state index in [1.54, 1.807) is 30.2 Å². The second kappa shape index (κ2) is 5.45. The van der Waals surface area contributed by atoms with Gasteiger partial charge < -0.3 is 4.90 Å². The van der Waals surface area contributed by atoms with Crippen molar-refractivity contribution in [3.63, 3.8) is 0 Å². The van der Waals surface area contributed by atoms with Crippen LogP contribution in [0.3, 0.4) is 0 Å². The summed E-state index contributed by atoms with van der Waals surface area (Å²) in [5, 5.41) is 0. The Morgan fingerprint density at radius 2 is 1.88 bits per heavy atom. The largest absolute Gasteiger partial charge is 0.338 e. The van der Waals surface area contributed by atoms with E-state index in [0.717, 1.165) is 11.1 Å². The molecule has 0 bridgehead atoms. The Balaban J connectivity index is 2.64. The molecule has 0 N–H and O–H groups in total. The zero-order chi connectivity index (χ0) is 12.1. The molecule has 0 spiro atoms. The van der Waals surface area contributed by atoms with Gasteiger partial charge in [-0.25, -0.2) is 4.39 Å². The van der Waals surface area contributed by atoms with E-state index in [9.17, 15) is 9.18 Å². The second-order valence-electron chi connectivity index (χ2n) is 4.04. The minimum atomic E-state index is -0.262. The van der Waals surface area contributed by atoms with E-state index in [1.807, 2.05) is 13.8 Å². The van der Waals surface area contributed by atoms with Gasteiger partial charge in [-0.1, -0.05) is 17.7 Å². The summed E-state index contributed by atoms with van der Waals surface area (Å²) in [4.78, 5) is 13.2. The third-order valence-electron chi connectivity index (χ3n) is 2.12. The van der Waals surface area contributed by atoms with Crippen LogP contribution >= 0.6 is 0 Å². The Bertz CT molecular complexity index is 391. The topological polar surface area (TPSA) is 20.3 Å². The first-order valence-electron chi connectivity index (χ1n) is 5.13. The average molecular weight is 221 g/mol. The lowest BCUT2D eigenvalue weighted by molar-refractivity contribution is -0.125. The van der Waals surface area contributed by atoms with Gasteiger partial charge in [0.1, 0.15) is 5.82 Å². The SMILES string of the molecule is CC(C)=CC(=O)N(C)Cc1ccc(F)cc1. The van der Waals surface area contributed by atoms with Crippen LogP contribution in [0.15, 0.2) is 35.9 Å². The molecular weight excluding hydrogens is 205 g/mol.